The monoisotopic (exact) mass is 273 g/mol. The van der Waals surface area contributed by atoms with Crippen molar-refractivity contribution in [3.63, 3.8) is 0 Å². The van der Waals surface area contributed by atoms with Crippen LogP contribution in [0, 0.1) is 11.8 Å². The molecule has 1 N–H and O–H groups in total. The minimum atomic E-state index is -1.17. The molecule has 0 saturated carbocycles. The van der Waals surface area contributed by atoms with Gasteiger partial charge in [0, 0.05) is 11.3 Å². The Bertz CT molecular complexity index is 612. The molecule has 4 heteroatoms. The molecule has 0 fully saturated rings. The standard InChI is InChI=1S/C16H13NO2.Na/c18-16(19)14-8-10-15(11-9-14)17-12-4-7-13-5-2-1-3-6-13;/h1-3,5-6,8-11,17H,12H2,(H,18,19);/q;+1/p-1. The van der Waals surface area contributed by atoms with Crippen molar-refractivity contribution in [2.45, 2.75) is 0 Å². The van der Waals surface area contributed by atoms with E-state index in [-0.39, 0.29) is 35.1 Å². The summed E-state index contributed by atoms with van der Waals surface area (Å²) >= 11 is 0. The molecule has 0 aliphatic heterocycles. The number of carboxylic acid groups (broad SMARTS) is 1. The minimum Gasteiger partial charge on any atom is -0.545 e. The summed E-state index contributed by atoms with van der Waals surface area (Å²) in [6, 6.07) is 16.1. The van der Waals surface area contributed by atoms with Crippen molar-refractivity contribution >= 4 is 11.7 Å². The summed E-state index contributed by atoms with van der Waals surface area (Å²) in [7, 11) is 0. The van der Waals surface area contributed by atoms with E-state index < -0.39 is 5.97 Å². The van der Waals surface area contributed by atoms with Crippen molar-refractivity contribution in [2.24, 2.45) is 0 Å². The van der Waals surface area contributed by atoms with Gasteiger partial charge in [-0.2, -0.15) is 0 Å². The van der Waals surface area contributed by atoms with Gasteiger partial charge in [-0.1, -0.05) is 42.2 Å². The Hall–Kier alpha value is -1.73. The molecule has 0 saturated heterocycles. The fraction of sp³-hybridized carbons (Fsp3) is 0.0625. The van der Waals surface area contributed by atoms with E-state index in [0.717, 1.165) is 11.3 Å². The van der Waals surface area contributed by atoms with Gasteiger partial charge in [-0.25, -0.2) is 0 Å². The van der Waals surface area contributed by atoms with E-state index in [4.69, 9.17) is 0 Å². The number of hydrogen-bond donors (Lipinski definition) is 1. The third-order valence-corrected chi connectivity index (χ3v) is 2.51. The Kier molecular flexibility index (Phi) is 6.89. The number of rotatable bonds is 3. The zero-order chi connectivity index (χ0) is 13.5. The smallest absolute Gasteiger partial charge is 0.545 e. The quantitative estimate of drug-likeness (QED) is 0.548. The normalized spacial score (nSPS) is 8.80. The number of carboxylic acids is 1. The summed E-state index contributed by atoms with van der Waals surface area (Å²) in [5.41, 5.74) is 1.96. The van der Waals surface area contributed by atoms with Gasteiger partial charge < -0.3 is 15.2 Å². The van der Waals surface area contributed by atoms with Crippen molar-refractivity contribution in [3.05, 3.63) is 65.7 Å². The van der Waals surface area contributed by atoms with E-state index in [0.29, 0.717) is 6.54 Å². The van der Waals surface area contributed by atoms with E-state index in [1.807, 2.05) is 30.3 Å². The molecule has 2 rings (SSSR count). The Balaban J connectivity index is 0.00000200. The molecule has 2 aromatic carbocycles. The molecule has 0 unspecified atom stereocenters. The van der Waals surface area contributed by atoms with Gasteiger partial charge in [-0.15, -0.1) is 0 Å². The SMILES string of the molecule is O=C([O-])c1ccc(NCC#Cc2ccccc2)cc1.[Na+]. The van der Waals surface area contributed by atoms with Gasteiger partial charge in [0.05, 0.1) is 12.5 Å². The average molecular weight is 273 g/mol. The van der Waals surface area contributed by atoms with Gasteiger partial charge in [0.25, 0.3) is 0 Å². The molecule has 0 atom stereocenters. The number of nitrogens with one attached hydrogen (secondary N) is 1. The first-order valence-electron chi connectivity index (χ1n) is 5.85. The Labute approximate surface area is 140 Å². The van der Waals surface area contributed by atoms with Gasteiger partial charge in [-0.05, 0) is 29.8 Å². The summed E-state index contributed by atoms with van der Waals surface area (Å²) in [5.74, 6) is 4.85. The number of aromatic carboxylic acids is 1. The molecule has 2 aromatic rings. The minimum absolute atomic E-state index is 0. The summed E-state index contributed by atoms with van der Waals surface area (Å²) in [4.78, 5) is 10.6. The van der Waals surface area contributed by atoms with Crippen LogP contribution < -0.4 is 40.0 Å². The molecule has 0 aliphatic carbocycles. The number of carbonyl (C=O) groups is 1. The van der Waals surface area contributed by atoms with Crippen LogP contribution in [-0.2, 0) is 0 Å². The summed E-state index contributed by atoms with van der Waals surface area (Å²) in [6.45, 7) is 0.500. The average Bonchev–Trinajstić information content (AvgIpc) is 2.45. The van der Waals surface area contributed by atoms with Gasteiger partial charge in [0.15, 0.2) is 0 Å². The number of benzene rings is 2. The Morgan fingerprint density at radius 2 is 1.70 bits per heavy atom. The zero-order valence-corrected chi connectivity index (χ0v) is 13.2. The van der Waals surface area contributed by atoms with E-state index in [1.165, 1.54) is 12.1 Å². The van der Waals surface area contributed by atoms with Crippen LogP contribution in [0.2, 0.25) is 0 Å². The molecular weight excluding hydrogens is 261 g/mol. The number of carbonyl (C=O) groups excluding carboxylic acids is 1. The van der Waals surface area contributed by atoms with E-state index >= 15 is 0 Å². The molecule has 0 heterocycles. The molecule has 20 heavy (non-hydrogen) atoms. The van der Waals surface area contributed by atoms with Gasteiger partial charge in [0.1, 0.15) is 0 Å². The summed E-state index contributed by atoms with van der Waals surface area (Å²) in [6.07, 6.45) is 0. The Morgan fingerprint density at radius 1 is 1.05 bits per heavy atom. The number of anilines is 1. The molecule has 0 aromatic heterocycles. The van der Waals surface area contributed by atoms with Crippen molar-refractivity contribution in [2.75, 3.05) is 11.9 Å². The second kappa shape index (κ2) is 8.44. The van der Waals surface area contributed by atoms with Crippen LogP contribution in [-0.4, -0.2) is 12.5 Å². The van der Waals surface area contributed by atoms with Crippen molar-refractivity contribution in [3.8, 4) is 11.8 Å². The maximum absolute atomic E-state index is 10.6. The van der Waals surface area contributed by atoms with Crippen molar-refractivity contribution in [1.82, 2.24) is 0 Å². The first kappa shape index (κ1) is 16.3. The third-order valence-electron chi connectivity index (χ3n) is 2.51. The first-order valence-corrected chi connectivity index (χ1v) is 5.85. The van der Waals surface area contributed by atoms with Crippen molar-refractivity contribution in [1.29, 1.82) is 0 Å². The predicted octanol–water partition coefficient (Wildman–Crippen LogP) is -1.48. The molecule has 0 aliphatic rings. The largest absolute Gasteiger partial charge is 1.00 e. The zero-order valence-electron chi connectivity index (χ0n) is 11.2. The van der Waals surface area contributed by atoms with Crippen LogP contribution in [0.1, 0.15) is 15.9 Å². The fourth-order valence-corrected chi connectivity index (χ4v) is 1.54. The van der Waals surface area contributed by atoms with Gasteiger partial charge in [0.2, 0.25) is 0 Å². The summed E-state index contributed by atoms with van der Waals surface area (Å²) < 4.78 is 0. The topological polar surface area (TPSA) is 52.2 Å². The van der Waals surface area contributed by atoms with Crippen LogP contribution in [0.15, 0.2) is 54.6 Å². The maximum Gasteiger partial charge on any atom is 1.00 e. The van der Waals surface area contributed by atoms with Crippen LogP contribution in [0.4, 0.5) is 5.69 Å². The number of hydrogen-bond acceptors (Lipinski definition) is 3. The van der Waals surface area contributed by atoms with Gasteiger partial charge in [-0.3, -0.25) is 0 Å². The molecule has 3 nitrogen and oxygen atoms in total. The maximum atomic E-state index is 10.6. The van der Waals surface area contributed by atoms with E-state index in [2.05, 4.69) is 17.2 Å². The van der Waals surface area contributed by atoms with E-state index in [9.17, 15) is 9.90 Å². The molecule has 0 amide bonds. The fourth-order valence-electron chi connectivity index (χ4n) is 1.54. The second-order valence-electron chi connectivity index (χ2n) is 3.89. The van der Waals surface area contributed by atoms with Gasteiger partial charge >= 0.3 is 29.6 Å². The van der Waals surface area contributed by atoms with Crippen LogP contribution >= 0.6 is 0 Å². The second-order valence-corrected chi connectivity index (χ2v) is 3.89. The van der Waals surface area contributed by atoms with E-state index in [1.54, 1.807) is 12.1 Å². The molecule has 94 valence electrons. The third kappa shape index (κ3) is 5.10. The van der Waals surface area contributed by atoms with Crippen LogP contribution in [0.25, 0.3) is 0 Å². The molecule has 0 bridgehead atoms. The predicted molar refractivity (Wildman–Crippen MR) is 72.6 cm³/mol. The first-order chi connectivity index (χ1) is 9.25. The molecular formula is C16H12NNaO2. The molecule has 0 spiro atoms. The Morgan fingerprint density at radius 3 is 2.30 bits per heavy atom. The molecule has 0 radical (unpaired) electrons. The van der Waals surface area contributed by atoms with Crippen LogP contribution in [0.3, 0.4) is 0 Å². The van der Waals surface area contributed by atoms with Crippen LogP contribution in [0.5, 0.6) is 0 Å². The van der Waals surface area contributed by atoms with Crippen molar-refractivity contribution < 1.29 is 39.5 Å². The summed E-state index contributed by atoms with van der Waals surface area (Å²) in [5, 5.41) is 13.7.